The van der Waals surface area contributed by atoms with Crippen LogP contribution in [0.1, 0.15) is 83.6 Å². The Morgan fingerprint density at radius 2 is 1.19 bits per heavy atom. The second-order valence-electron chi connectivity index (χ2n) is 9.09. The first-order valence-corrected chi connectivity index (χ1v) is 13.0. The van der Waals surface area contributed by atoms with Crippen LogP contribution in [-0.4, -0.2) is 34.4 Å². The highest BCUT2D eigenvalue weighted by Gasteiger charge is 2.20. The minimum absolute atomic E-state index is 0.475. The van der Waals surface area contributed by atoms with Gasteiger partial charge in [-0.3, -0.25) is 0 Å². The number of unbranched alkanes of at least 4 members (excludes halogenated alkanes) is 6. The molecule has 0 radical (unpaired) electrons. The van der Waals surface area contributed by atoms with Gasteiger partial charge in [0.05, 0.1) is 0 Å². The van der Waals surface area contributed by atoms with Crippen LogP contribution >= 0.6 is 0 Å². The third kappa shape index (κ3) is 10.2. The van der Waals surface area contributed by atoms with Gasteiger partial charge in [-0.15, -0.1) is 0 Å². The van der Waals surface area contributed by atoms with Crippen LogP contribution in [0, 0.1) is 6.92 Å². The maximum Gasteiger partial charge on any atom is 0.344 e. The van der Waals surface area contributed by atoms with Crippen LogP contribution in [0.25, 0.3) is 0 Å². The summed E-state index contributed by atoms with van der Waals surface area (Å²) < 4.78 is 17.4. The summed E-state index contributed by atoms with van der Waals surface area (Å²) in [6.45, 7) is 6.08. The number of rotatable bonds is 18. The van der Waals surface area contributed by atoms with Crippen molar-refractivity contribution in [1.82, 2.24) is 0 Å². The number of carboxylic acid groups (broad SMARTS) is 2. The highest BCUT2D eigenvalue weighted by Crippen LogP contribution is 2.30. The molecule has 0 aliphatic heterocycles. The van der Waals surface area contributed by atoms with Crippen molar-refractivity contribution in [2.75, 3.05) is 0 Å². The van der Waals surface area contributed by atoms with Crippen molar-refractivity contribution in [3.8, 4) is 23.0 Å². The summed E-state index contributed by atoms with van der Waals surface area (Å²) in [5.41, 5.74) is 0.777. The summed E-state index contributed by atoms with van der Waals surface area (Å²) in [4.78, 5) is 23.1. The average molecular weight is 501 g/mol. The summed E-state index contributed by atoms with van der Waals surface area (Å²) in [7, 11) is 0. The fourth-order valence-corrected chi connectivity index (χ4v) is 3.84. The molecule has 7 nitrogen and oxygen atoms in total. The van der Waals surface area contributed by atoms with E-state index in [-0.39, 0.29) is 0 Å². The largest absolute Gasteiger partial charge is 0.479 e. The summed E-state index contributed by atoms with van der Waals surface area (Å²) >= 11 is 0. The Balaban J connectivity index is 1.94. The van der Waals surface area contributed by atoms with Gasteiger partial charge in [0.15, 0.2) is 12.2 Å². The van der Waals surface area contributed by atoms with Crippen LogP contribution in [0.5, 0.6) is 23.0 Å². The van der Waals surface area contributed by atoms with Gasteiger partial charge in [0.1, 0.15) is 23.0 Å². The third-order valence-corrected chi connectivity index (χ3v) is 5.94. The minimum atomic E-state index is -0.962. The van der Waals surface area contributed by atoms with Crippen molar-refractivity contribution >= 4 is 11.9 Å². The molecule has 2 aromatic rings. The van der Waals surface area contributed by atoms with E-state index in [9.17, 15) is 19.8 Å². The standard InChI is InChI=1S/C29H40O7/c1-4-6-8-10-12-26(28(30)31)35-23-16-14-22(15-17-23)34-24-18-19-25(21(3)20-24)36-27(29(32)33)13-11-9-7-5-2/h14-20,26-27H,4-13H2,1-3H3,(H,30,31)(H,32,33). The number of hydrogen-bond donors (Lipinski definition) is 2. The van der Waals surface area contributed by atoms with E-state index in [0.29, 0.717) is 35.8 Å². The molecule has 0 amide bonds. The molecule has 0 fully saturated rings. The minimum Gasteiger partial charge on any atom is -0.479 e. The molecule has 198 valence electrons. The van der Waals surface area contributed by atoms with Crippen molar-refractivity contribution in [2.24, 2.45) is 0 Å². The SMILES string of the molecule is CCCCCCC(Oc1ccc(Oc2ccc(OC(CCCCCC)C(=O)O)c(C)c2)cc1)C(=O)O. The molecule has 0 heterocycles. The zero-order valence-electron chi connectivity index (χ0n) is 21.7. The third-order valence-electron chi connectivity index (χ3n) is 5.94. The van der Waals surface area contributed by atoms with Gasteiger partial charge in [0.25, 0.3) is 0 Å². The number of benzene rings is 2. The van der Waals surface area contributed by atoms with E-state index in [2.05, 4.69) is 13.8 Å². The maximum atomic E-state index is 11.6. The molecule has 0 spiro atoms. The molecule has 2 atom stereocenters. The molecular weight excluding hydrogens is 460 g/mol. The number of carboxylic acids is 2. The first-order chi connectivity index (χ1) is 17.3. The summed E-state index contributed by atoms with van der Waals surface area (Å²) in [6.07, 6.45) is 7.19. The predicted molar refractivity (Wildman–Crippen MR) is 139 cm³/mol. The van der Waals surface area contributed by atoms with Crippen LogP contribution in [-0.2, 0) is 9.59 Å². The van der Waals surface area contributed by atoms with Gasteiger partial charge in [0, 0.05) is 0 Å². The predicted octanol–water partition coefficient (Wildman–Crippen LogP) is 7.39. The van der Waals surface area contributed by atoms with Crippen molar-refractivity contribution in [3.63, 3.8) is 0 Å². The molecule has 0 bridgehead atoms. The van der Waals surface area contributed by atoms with E-state index in [1.165, 1.54) is 0 Å². The van der Waals surface area contributed by atoms with Gasteiger partial charge in [0.2, 0.25) is 0 Å². The monoisotopic (exact) mass is 500 g/mol. The molecule has 0 saturated carbocycles. The van der Waals surface area contributed by atoms with Crippen molar-refractivity contribution in [2.45, 2.75) is 97.2 Å². The zero-order chi connectivity index (χ0) is 26.3. The lowest BCUT2D eigenvalue weighted by Gasteiger charge is -2.17. The van der Waals surface area contributed by atoms with Crippen LogP contribution in [0.3, 0.4) is 0 Å². The van der Waals surface area contributed by atoms with E-state index in [4.69, 9.17) is 14.2 Å². The Hall–Kier alpha value is -3.22. The Kier molecular flexibility index (Phi) is 12.7. The van der Waals surface area contributed by atoms with E-state index in [1.807, 2.05) is 6.92 Å². The molecule has 2 rings (SSSR count). The molecule has 36 heavy (non-hydrogen) atoms. The van der Waals surface area contributed by atoms with Crippen LogP contribution in [0.4, 0.5) is 0 Å². The van der Waals surface area contributed by atoms with E-state index >= 15 is 0 Å². The van der Waals surface area contributed by atoms with Gasteiger partial charge in [-0.25, -0.2) is 9.59 Å². The van der Waals surface area contributed by atoms with E-state index in [0.717, 1.165) is 56.9 Å². The number of ether oxygens (including phenoxy) is 3. The van der Waals surface area contributed by atoms with E-state index < -0.39 is 24.1 Å². The number of carbonyl (C=O) groups is 2. The van der Waals surface area contributed by atoms with Crippen molar-refractivity contribution in [1.29, 1.82) is 0 Å². The van der Waals surface area contributed by atoms with Crippen LogP contribution in [0.2, 0.25) is 0 Å². The molecule has 2 unspecified atom stereocenters. The number of aryl methyl sites for hydroxylation is 1. The lowest BCUT2D eigenvalue weighted by molar-refractivity contribution is -0.146. The molecule has 2 N–H and O–H groups in total. The van der Waals surface area contributed by atoms with Crippen LogP contribution in [0.15, 0.2) is 42.5 Å². The summed E-state index contributed by atoms with van der Waals surface area (Å²) in [5, 5.41) is 19.0. The second kappa shape index (κ2) is 15.7. The van der Waals surface area contributed by atoms with Gasteiger partial charge in [-0.1, -0.05) is 52.4 Å². The summed E-state index contributed by atoms with van der Waals surface area (Å²) in [6, 6.07) is 12.1. The Bertz CT molecular complexity index is 939. The smallest absolute Gasteiger partial charge is 0.344 e. The fraction of sp³-hybridized carbons (Fsp3) is 0.517. The van der Waals surface area contributed by atoms with E-state index in [1.54, 1.807) is 42.5 Å². The lowest BCUT2D eigenvalue weighted by atomic mass is 10.1. The van der Waals surface area contributed by atoms with Gasteiger partial charge < -0.3 is 24.4 Å². The highest BCUT2D eigenvalue weighted by molar-refractivity contribution is 5.73. The number of hydrogen-bond acceptors (Lipinski definition) is 5. The highest BCUT2D eigenvalue weighted by atomic mass is 16.5. The Morgan fingerprint density at radius 1 is 0.694 bits per heavy atom. The molecule has 2 aromatic carbocycles. The normalized spacial score (nSPS) is 12.5. The van der Waals surface area contributed by atoms with Gasteiger partial charge in [-0.05, 0) is 80.6 Å². The van der Waals surface area contributed by atoms with Gasteiger partial charge >= 0.3 is 11.9 Å². The average Bonchev–Trinajstić information content (AvgIpc) is 2.85. The van der Waals surface area contributed by atoms with Crippen LogP contribution < -0.4 is 14.2 Å². The first-order valence-electron chi connectivity index (χ1n) is 13.0. The first kappa shape index (κ1) is 29.0. The Morgan fingerprint density at radius 3 is 1.69 bits per heavy atom. The molecule has 0 aliphatic carbocycles. The fourth-order valence-electron chi connectivity index (χ4n) is 3.84. The van der Waals surface area contributed by atoms with Crippen molar-refractivity contribution in [3.05, 3.63) is 48.0 Å². The maximum absolute atomic E-state index is 11.6. The molecule has 0 aromatic heterocycles. The molecular formula is C29H40O7. The van der Waals surface area contributed by atoms with Crippen molar-refractivity contribution < 1.29 is 34.0 Å². The Labute approximate surface area is 214 Å². The molecule has 7 heteroatoms. The zero-order valence-corrected chi connectivity index (χ0v) is 21.7. The summed E-state index contributed by atoms with van der Waals surface area (Å²) in [5.74, 6) is 0.235. The topological polar surface area (TPSA) is 102 Å². The van der Waals surface area contributed by atoms with Gasteiger partial charge in [-0.2, -0.15) is 0 Å². The second-order valence-corrected chi connectivity index (χ2v) is 9.09. The molecule has 0 aliphatic rings. The molecule has 0 saturated heterocycles. The number of aliphatic carboxylic acids is 2. The quantitative estimate of drug-likeness (QED) is 0.206. The lowest BCUT2D eigenvalue weighted by Crippen LogP contribution is -2.27.